The van der Waals surface area contributed by atoms with Crippen LogP contribution in [0.4, 0.5) is 0 Å². The maximum Gasteiger partial charge on any atom is 0.122 e. The van der Waals surface area contributed by atoms with Gasteiger partial charge < -0.3 is 10.1 Å². The number of fused-ring (bicyclic) bond motifs is 1. The average molecular weight is 245 g/mol. The second kappa shape index (κ2) is 5.31. The van der Waals surface area contributed by atoms with Crippen LogP contribution in [0.5, 0.6) is 5.75 Å². The first-order valence-electron chi connectivity index (χ1n) is 7.36. The van der Waals surface area contributed by atoms with Crippen molar-refractivity contribution in [2.45, 2.75) is 45.1 Å². The molecule has 0 radical (unpaired) electrons. The molecule has 1 aromatic carbocycles. The summed E-state index contributed by atoms with van der Waals surface area (Å²) in [5, 5.41) is 3.64. The first kappa shape index (κ1) is 12.0. The summed E-state index contributed by atoms with van der Waals surface area (Å²) in [5.74, 6) is 1.97. The van der Waals surface area contributed by atoms with Crippen molar-refractivity contribution in [3.05, 3.63) is 29.3 Å². The first-order valence-corrected chi connectivity index (χ1v) is 7.36. The summed E-state index contributed by atoms with van der Waals surface area (Å²) < 4.78 is 6.00. The molecule has 0 spiro atoms. The van der Waals surface area contributed by atoms with Crippen molar-refractivity contribution in [3.8, 4) is 5.75 Å². The number of nitrogens with one attached hydrogen (secondary N) is 1. The van der Waals surface area contributed by atoms with Crippen LogP contribution in [0.3, 0.4) is 0 Å². The minimum atomic E-state index is 0.546. The minimum Gasteiger partial charge on any atom is -0.493 e. The SMILES string of the molecule is CCCNC1CCc2c(OCC3CC3)cccc21. The molecule has 1 atom stereocenters. The van der Waals surface area contributed by atoms with Crippen LogP contribution in [0.15, 0.2) is 18.2 Å². The van der Waals surface area contributed by atoms with E-state index in [1.165, 1.54) is 36.8 Å². The van der Waals surface area contributed by atoms with E-state index in [9.17, 15) is 0 Å². The van der Waals surface area contributed by atoms with Gasteiger partial charge in [-0.1, -0.05) is 19.1 Å². The van der Waals surface area contributed by atoms with Gasteiger partial charge in [-0.2, -0.15) is 0 Å². The number of ether oxygens (including phenoxy) is 1. The topological polar surface area (TPSA) is 21.3 Å². The highest BCUT2D eigenvalue weighted by Crippen LogP contribution is 2.38. The van der Waals surface area contributed by atoms with Crippen molar-refractivity contribution in [3.63, 3.8) is 0 Å². The van der Waals surface area contributed by atoms with Crippen molar-refractivity contribution >= 4 is 0 Å². The molecule has 2 aliphatic carbocycles. The van der Waals surface area contributed by atoms with Gasteiger partial charge in [0.05, 0.1) is 6.61 Å². The summed E-state index contributed by atoms with van der Waals surface area (Å²) >= 11 is 0. The van der Waals surface area contributed by atoms with E-state index in [4.69, 9.17) is 4.74 Å². The zero-order valence-electron chi connectivity index (χ0n) is 11.2. The van der Waals surface area contributed by atoms with E-state index < -0.39 is 0 Å². The molecule has 0 aliphatic heterocycles. The fourth-order valence-electron chi connectivity index (χ4n) is 2.78. The quantitative estimate of drug-likeness (QED) is 0.828. The van der Waals surface area contributed by atoms with Gasteiger partial charge in [0.15, 0.2) is 0 Å². The molecule has 18 heavy (non-hydrogen) atoms. The Labute approximate surface area is 110 Å². The zero-order valence-corrected chi connectivity index (χ0v) is 11.2. The number of hydrogen-bond donors (Lipinski definition) is 1. The Morgan fingerprint density at radius 3 is 2.94 bits per heavy atom. The third-order valence-corrected chi connectivity index (χ3v) is 4.04. The molecular weight excluding hydrogens is 222 g/mol. The third-order valence-electron chi connectivity index (χ3n) is 4.04. The molecule has 1 N–H and O–H groups in total. The van der Waals surface area contributed by atoms with Gasteiger partial charge in [0.1, 0.15) is 5.75 Å². The second-order valence-electron chi connectivity index (χ2n) is 5.62. The van der Waals surface area contributed by atoms with Crippen molar-refractivity contribution in [2.24, 2.45) is 5.92 Å². The van der Waals surface area contributed by atoms with Crippen LogP contribution in [-0.4, -0.2) is 13.2 Å². The fraction of sp³-hybridized carbons (Fsp3) is 0.625. The lowest BCUT2D eigenvalue weighted by molar-refractivity contribution is 0.297. The molecule has 0 bridgehead atoms. The van der Waals surface area contributed by atoms with Gasteiger partial charge in [-0.25, -0.2) is 0 Å². The van der Waals surface area contributed by atoms with E-state index in [1.54, 1.807) is 0 Å². The van der Waals surface area contributed by atoms with Gasteiger partial charge in [-0.3, -0.25) is 0 Å². The number of rotatable bonds is 6. The van der Waals surface area contributed by atoms with Gasteiger partial charge in [0, 0.05) is 6.04 Å². The van der Waals surface area contributed by atoms with Crippen LogP contribution < -0.4 is 10.1 Å². The van der Waals surface area contributed by atoms with Crippen LogP contribution in [0.25, 0.3) is 0 Å². The Hall–Kier alpha value is -1.02. The molecule has 2 heteroatoms. The van der Waals surface area contributed by atoms with Gasteiger partial charge >= 0.3 is 0 Å². The van der Waals surface area contributed by atoms with Crippen LogP contribution in [-0.2, 0) is 6.42 Å². The predicted molar refractivity (Wildman–Crippen MR) is 74.0 cm³/mol. The zero-order chi connectivity index (χ0) is 12.4. The van der Waals surface area contributed by atoms with Crippen LogP contribution >= 0.6 is 0 Å². The molecule has 0 heterocycles. The summed E-state index contributed by atoms with van der Waals surface area (Å²) in [6.07, 6.45) is 6.30. The maximum absolute atomic E-state index is 6.00. The van der Waals surface area contributed by atoms with Crippen LogP contribution in [0, 0.1) is 5.92 Å². The number of hydrogen-bond acceptors (Lipinski definition) is 2. The second-order valence-corrected chi connectivity index (χ2v) is 5.62. The third kappa shape index (κ3) is 2.54. The van der Waals surface area contributed by atoms with E-state index in [1.807, 2.05) is 0 Å². The minimum absolute atomic E-state index is 0.546. The first-order chi connectivity index (χ1) is 8.88. The Balaban J connectivity index is 1.71. The average Bonchev–Trinajstić information content (AvgIpc) is 3.13. The van der Waals surface area contributed by atoms with E-state index in [-0.39, 0.29) is 0 Å². The summed E-state index contributed by atoms with van der Waals surface area (Å²) in [6, 6.07) is 7.10. The van der Waals surface area contributed by atoms with Crippen molar-refractivity contribution < 1.29 is 4.74 Å². The maximum atomic E-state index is 6.00. The molecule has 2 nitrogen and oxygen atoms in total. The van der Waals surface area contributed by atoms with Crippen molar-refractivity contribution in [1.29, 1.82) is 0 Å². The molecule has 0 aromatic heterocycles. The fourth-order valence-corrected chi connectivity index (χ4v) is 2.78. The monoisotopic (exact) mass is 245 g/mol. The molecular formula is C16H23NO. The van der Waals surface area contributed by atoms with E-state index in [2.05, 4.69) is 30.4 Å². The highest BCUT2D eigenvalue weighted by Gasteiger charge is 2.26. The molecule has 1 saturated carbocycles. The Kier molecular flexibility index (Phi) is 3.55. The van der Waals surface area contributed by atoms with Crippen molar-refractivity contribution in [2.75, 3.05) is 13.2 Å². The Morgan fingerprint density at radius 1 is 1.28 bits per heavy atom. The van der Waals surface area contributed by atoms with E-state index >= 15 is 0 Å². The van der Waals surface area contributed by atoms with E-state index in [0.29, 0.717) is 6.04 Å². The summed E-state index contributed by atoms with van der Waals surface area (Å²) in [4.78, 5) is 0. The van der Waals surface area contributed by atoms with E-state index in [0.717, 1.165) is 31.2 Å². The van der Waals surface area contributed by atoms with Crippen molar-refractivity contribution in [1.82, 2.24) is 5.32 Å². The standard InChI is InChI=1S/C16H23NO/c1-2-10-17-15-9-8-14-13(15)4-3-5-16(14)18-11-12-6-7-12/h3-5,12,15,17H,2,6-11H2,1H3. The highest BCUT2D eigenvalue weighted by molar-refractivity contribution is 5.45. The highest BCUT2D eigenvalue weighted by atomic mass is 16.5. The molecule has 2 aliphatic rings. The lowest BCUT2D eigenvalue weighted by Gasteiger charge is -2.14. The summed E-state index contributed by atoms with van der Waals surface area (Å²) in [6.45, 7) is 4.25. The lowest BCUT2D eigenvalue weighted by Crippen LogP contribution is -2.19. The molecule has 1 fully saturated rings. The molecule has 98 valence electrons. The van der Waals surface area contributed by atoms with Crippen LogP contribution in [0.2, 0.25) is 0 Å². The largest absolute Gasteiger partial charge is 0.493 e. The van der Waals surface area contributed by atoms with Gasteiger partial charge in [0.25, 0.3) is 0 Å². The van der Waals surface area contributed by atoms with Gasteiger partial charge in [0.2, 0.25) is 0 Å². The molecule has 3 rings (SSSR count). The molecule has 0 saturated heterocycles. The Morgan fingerprint density at radius 2 is 2.17 bits per heavy atom. The number of benzene rings is 1. The molecule has 0 amide bonds. The molecule has 1 aromatic rings. The Bertz CT molecular complexity index is 412. The summed E-state index contributed by atoms with van der Waals surface area (Å²) in [5.41, 5.74) is 2.92. The van der Waals surface area contributed by atoms with Crippen LogP contribution in [0.1, 0.15) is 49.8 Å². The lowest BCUT2D eigenvalue weighted by atomic mass is 10.1. The predicted octanol–water partition coefficient (Wildman–Crippen LogP) is 3.46. The van der Waals surface area contributed by atoms with Gasteiger partial charge in [-0.05, 0) is 61.8 Å². The summed E-state index contributed by atoms with van der Waals surface area (Å²) in [7, 11) is 0. The normalized spacial score (nSPS) is 21.9. The van der Waals surface area contributed by atoms with Gasteiger partial charge in [-0.15, -0.1) is 0 Å². The molecule has 1 unspecified atom stereocenters. The smallest absolute Gasteiger partial charge is 0.122 e.